The van der Waals surface area contributed by atoms with Crippen LogP contribution in [0.5, 0.6) is 0 Å². The van der Waals surface area contributed by atoms with Gasteiger partial charge in [0.25, 0.3) is 5.91 Å². The van der Waals surface area contributed by atoms with Gasteiger partial charge in [0, 0.05) is 26.2 Å². The highest BCUT2D eigenvalue weighted by Gasteiger charge is 2.28. The van der Waals surface area contributed by atoms with Gasteiger partial charge in [0.2, 0.25) is 5.91 Å². The highest BCUT2D eigenvalue weighted by Crippen LogP contribution is 2.30. The topological polar surface area (TPSA) is 82.4 Å². The Labute approximate surface area is 141 Å². The number of H-pyrrole nitrogens is 1. The number of rotatable bonds is 2. The minimum absolute atomic E-state index is 0.0886. The fourth-order valence-corrected chi connectivity index (χ4v) is 3.03. The summed E-state index contributed by atoms with van der Waals surface area (Å²) in [5.41, 5.74) is 5.29. The van der Waals surface area contributed by atoms with Gasteiger partial charge in [-0.05, 0) is 12.1 Å². The third-order valence-electron chi connectivity index (χ3n) is 4.10. The number of aromatic amines is 1. The molecule has 0 bridgehead atoms. The number of nitrogens with two attached hydrogens (primary N) is 1. The van der Waals surface area contributed by atoms with Gasteiger partial charge < -0.3 is 20.5 Å². The van der Waals surface area contributed by atoms with E-state index in [-0.39, 0.29) is 47.2 Å². The first kappa shape index (κ1) is 16.7. The molecule has 0 aliphatic carbocycles. The molecule has 0 unspecified atom stereocenters. The molecule has 1 fully saturated rings. The van der Waals surface area contributed by atoms with Gasteiger partial charge in [-0.3, -0.25) is 9.59 Å². The SMILES string of the molecule is NCC(=O)N1CCN(C(=O)c2[nH]c3ccc(F)c(Cl)c3c2F)CC1. The first-order valence-electron chi connectivity index (χ1n) is 7.36. The molecule has 2 amide bonds. The van der Waals surface area contributed by atoms with Crippen LogP contribution in [0.3, 0.4) is 0 Å². The molecule has 128 valence electrons. The van der Waals surface area contributed by atoms with Gasteiger partial charge in [-0.2, -0.15) is 0 Å². The average Bonchev–Trinajstić information content (AvgIpc) is 2.94. The summed E-state index contributed by atoms with van der Waals surface area (Å²) in [4.78, 5) is 29.7. The van der Waals surface area contributed by atoms with E-state index >= 15 is 0 Å². The molecule has 0 spiro atoms. The normalized spacial score (nSPS) is 15.2. The summed E-state index contributed by atoms with van der Waals surface area (Å²) in [7, 11) is 0. The Balaban J connectivity index is 1.84. The van der Waals surface area contributed by atoms with Crippen LogP contribution in [0.4, 0.5) is 8.78 Å². The molecule has 2 heterocycles. The number of hydrogen-bond donors (Lipinski definition) is 2. The first-order chi connectivity index (χ1) is 11.4. The summed E-state index contributed by atoms with van der Waals surface area (Å²) in [5.74, 6) is -2.38. The first-order valence-corrected chi connectivity index (χ1v) is 7.74. The van der Waals surface area contributed by atoms with Crippen molar-refractivity contribution in [3.63, 3.8) is 0 Å². The van der Waals surface area contributed by atoms with Crippen LogP contribution >= 0.6 is 11.6 Å². The standard InChI is InChI=1S/C15H15ClF2N4O2/c16-12-8(17)1-2-9-11(12)13(18)14(20-9)15(24)22-5-3-21(4-6-22)10(23)7-19/h1-2,20H,3-7,19H2. The number of hydrogen-bond acceptors (Lipinski definition) is 3. The molecular formula is C15H15ClF2N4O2. The van der Waals surface area contributed by atoms with Crippen LogP contribution in [0.15, 0.2) is 12.1 Å². The Morgan fingerprint density at radius 2 is 1.79 bits per heavy atom. The summed E-state index contributed by atoms with van der Waals surface area (Å²) < 4.78 is 28.0. The molecule has 0 radical (unpaired) electrons. The molecule has 0 saturated carbocycles. The van der Waals surface area contributed by atoms with Gasteiger partial charge in [0.15, 0.2) is 5.82 Å². The lowest BCUT2D eigenvalue weighted by Gasteiger charge is -2.34. The van der Waals surface area contributed by atoms with Crippen molar-refractivity contribution in [2.24, 2.45) is 5.73 Å². The van der Waals surface area contributed by atoms with Crippen molar-refractivity contribution < 1.29 is 18.4 Å². The molecular weight excluding hydrogens is 342 g/mol. The number of nitrogens with zero attached hydrogens (tertiary/aromatic N) is 2. The number of benzene rings is 1. The van der Waals surface area contributed by atoms with Gasteiger partial charge >= 0.3 is 0 Å². The quantitative estimate of drug-likeness (QED) is 0.852. The average molecular weight is 357 g/mol. The van der Waals surface area contributed by atoms with Crippen LogP contribution in [-0.2, 0) is 4.79 Å². The van der Waals surface area contributed by atoms with Crippen molar-refractivity contribution in [3.05, 3.63) is 34.5 Å². The second kappa shape index (κ2) is 6.37. The maximum atomic E-state index is 14.5. The Kier molecular flexibility index (Phi) is 4.42. The molecule has 6 nitrogen and oxygen atoms in total. The van der Waals surface area contributed by atoms with E-state index in [1.165, 1.54) is 11.0 Å². The van der Waals surface area contributed by atoms with Crippen LogP contribution in [0, 0.1) is 11.6 Å². The van der Waals surface area contributed by atoms with Gasteiger partial charge in [-0.1, -0.05) is 11.6 Å². The van der Waals surface area contributed by atoms with Gasteiger partial charge in [0.1, 0.15) is 11.5 Å². The van der Waals surface area contributed by atoms with E-state index < -0.39 is 17.5 Å². The van der Waals surface area contributed by atoms with Gasteiger partial charge in [-0.25, -0.2) is 8.78 Å². The molecule has 1 aromatic carbocycles. The van der Waals surface area contributed by atoms with Crippen molar-refractivity contribution in [1.82, 2.24) is 14.8 Å². The molecule has 1 aromatic heterocycles. The Bertz CT molecular complexity index is 815. The summed E-state index contributed by atoms with van der Waals surface area (Å²) in [5, 5.41) is -0.504. The van der Waals surface area contributed by atoms with Crippen LogP contribution < -0.4 is 5.73 Å². The van der Waals surface area contributed by atoms with Crippen LogP contribution in [0.1, 0.15) is 10.5 Å². The Hall–Kier alpha value is -2.19. The number of carbonyl (C=O) groups excluding carboxylic acids is 2. The number of aromatic nitrogens is 1. The minimum atomic E-state index is -0.875. The maximum absolute atomic E-state index is 14.5. The number of halogens is 3. The zero-order valence-corrected chi connectivity index (χ0v) is 13.4. The lowest BCUT2D eigenvalue weighted by molar-refractivity contribution is -0.131. The van der Waals surface area contributed by atoms with Crippen LogP contribution in [-0.4, -0.2) is 59.3 Å². The number of fused-ring (bicyclic) bond motifs is 1. The highest BCUT2D eigenvalue weighted by molar-refractivity contribution is 6.35. The molecule has 3 N–H and O–H groups in total. The van der Waals surface area contributed by atoms with E-state index in [1.54, 1.807) is 4.90 Å². The van der Waals surface area contributed by atoms with Crippen molar-refractivity contribution >= 4 is 34.3 Å². The fourth-order valence-electron chi connectivity index (χ4n) is 2.78. The number of piperazine rings is 1. The minimum Gasteiger partial charge on any atom is -0.348 e. The lowest BCUT2D eigenvalue weighted by atomic mass is 10.2. The van der Waals surface area contributed by atoms with E-state index in [1.807, 2.05) is 0 Å². The Morgan fingerprint density at radius 3 is 2.42 bits per heavy atom. The third-order valence-corrected chi connectivity index (χ3v) is 4.47. The van der Waals surface area contributed by atoms with Crippen molar-refractivity contribution in [1.29, 1.82) is 0 Å². The van der Waals surface area contributed by atoms with E-state index in [2.05, 4.69) is 4.98 Å². The summed E-state index contributed by atoms with van der Waals surface area (Å²) in [6.45, 7) is 1.11. The predicted molar refractivity (Wildman–Crippen MR) is 84.8 cm³/mol. The fraction of sp³-hybridized carbons (Fsp3) is 0.333. The van der Waals surface area contributed by atoms with E-state index in [0.29, 0.717) is 13.1 Å². The molecule has 3 rings (SSSR count). The monoisotopic (exact) mass is 356 g/mol. The molecule has 24 heavy (non-hydrogen) atoms. The van der Waals surface area contributed by atoms with Crippen molar-refractivity contribution in [2.45, 2.75) is 0 Å². The largest absolute Gasteiger partial charge is 0.348 e. The zero-order chi connectivity index (χ0) is 17.4. The van der Waals surface area contributed by atoms with E-state index in [0.717, 1.165) is 6.07 Å². The van der Waals surface area contributed by atoms with Gasteiger partial charge in [-0.15, -0.1) is 0 Å². The molecule has 9 heteroatoms. The van der Waals surface area contributed by atoms with Crippen molar-refractivity contribution in [2.75, 3.05) is 32.7 Å². The summed E-state index contributed by atoms with van der Waals surface area (Å²) in [6, 6.07) is 2.43. The predicted octanol–water partition coefficient (Wildman–Crippen LogP) is 1.34. The molecule has 1 aliphatic rings. The third kappa shape index (κ3) is 2.71. The Morgan fingerprint density at radius 1 is 1.17 bits per heavy atom. The molecule has 1 aliphatic heterocycles. The van der Waals surface area contributed by atoms with E-state index in [4.69, 9.17) is 17.3 Å². The number of amides is 2. The maximum Gasteiger partial charge on any atom is 0.273 e. The molecule has 0 atom stereocenters. The summed E-state index contributed by atoms with van der Waals surface area (Å²) >= 11 is 5.79. The second-order valence-corrected chi connectivity index (χ2v) is 5.85. The van der Waals surface area contributed by atoms with E-state index in [9.17, 15) is 18.4 Å². The van der Waals surface area contributed by atoms with Gasteiger partial charge in [0.05, 0.1) is 22.5 Å². The molecule has 2 aromatic rings. The smallest absolute Gasteiger partial charge is 0.273 e. The second-order valence-electron chi connectivity index (χ2n) is 5.48. The zero-order valence-electron chi connectivity index (χ0n) is 12.6. The number of carbonyl (C=O) groups is 2. The van der Waals surface area contributed by atoms with Crippen LogP contribution in [0.2, 0.25) is 5.02 Å². The highest BCUT2D eigenvalue weighted by atomic mass is 35.5. The van der Waals surface area contributed by atoms with Crippen molar-refractivity contribution in [3.8, 4) is 0 Å². The summed E-state index contributed by atoms with van der Waals surface area (Å²) in [6.07, 6.45) is 0. The van der Waals surface area contributed by atoms with Crippen LogP contribution in [0.25, 0.3) is 10.9 Å². The molecule has 1 saturated heterocycles. The lowest BCUT2D eigenvalue weighted by Crippen LogP contribution is -2.52. The number of nitrogens with one attached hydrogen (secondary N) is 1.